The first-order chi connectivity index (χ1) is 9.47. The molecule has 0 aliphatic rings. The van der Waals surface area contributed by atoms with Crippen LogP contribution in [0, 0.1) is 0 Å². The molecule has 0 aromatic heterocycles. The lowest BCUT2D eigenvalue weighted by Gasteiger charge is -2.19. The molecule has 1 aromatic rings. The van der Waals surface area contributed by atoms with Crippen molar-refractivity contribution >= 4 is 21.8 Å². The Labute approximate surface area is 129 Å². The quantitative estimate of drug-likeness (QED) is 0.828. The lowest BCUT2D eigenvalue weighted by molar-refractivity contribution is -0.132. The van der Waals surface area contributed by atoms with Gasteiger partial charge < -0.3 is 15.4 Å². The van der Waals surface area contributed by atoms with Gasteiger partial charge in [0.2, 0.25) is 0 Å². The summed E-state index contributed by atoms with van der Waals surface area (Å²) in [6, 6.07) is 5.81. The molecule has 112 valence electrons. The van der Waals surface area contributed by atoms with E-state index in [9.17, 15) is 4.79 Å². The van der Waals surface area contributed by atoms with Gasteiger partial charge in [0.1, 0.15) is 5.75 Å². The van der Waals surface area contributed by atoms with Gasteiger partial charge >= 0.3 is 0 Å². The van der Waals surface area contributed by atoms with Crippen molar-refractivity contribution in [3.8, 4) is 5.75 Å². The number of amides is 1. The molecule has 1 rings (SSSR count). The van der Waals surface area contributed by atoms with Gasteiger partial charge in [-0.05, 0) is 51.0 Å². The van der Waals surface area contributed by atoms with Gasteiger partial charge in [-0.1, -0.05) is 15.9 Å². The number of carbonyl (C=O) groups is 1. The molecule has 0 saturated carbocycles. The number of carbonyl (C=O) groups excluding carboxylic acids is 1. The summed E-state index contributed by atoms with van der Waals surface area (Å²) in [4.78, 5) is 13.7. The normalized spacial score (nSPS) is 12.1. The van der Waals surface area contributed by atoms with Crippen molar-refractivity contribution in [1.29, 1.82) is 0 Å². The predicted molar refractivity (Wildman–Crippen MR) is 84.9 cm³/mol. The van der Waals surface area contributed by atoms with Crippen LogP contribution in [0.25, 0.3) is 0 Å². The SMILES string of the molecule is CCN(CC)C(=O)COc1ccc(Br)cc1CC(C)N. The number of nitrogens with zero attached hydrogens (tertiary/aromatic N) is 1. The number of ether oxygens (including phenoxy) is 1. The molecule has 0 bridgehead atoms. The van der Waals surface area contributed by atoms with Crippen LogP contribution in [0.15, 0.2) is 22.7 Å². The van der Waals surface area contributed by atoms with Crippen LogP contribution in [0.2, 0.25) is 0 Å². The van der Waals surface area contributed by atoms with Crippen molar-refractivity contribution in [2.75, 3.05) is 19.7 Å². The minimum Gasteiger partial charge on any atom is -0.483 e. The van der Waals surface area contributed by atoms with Crippen LogP contribution in [0.1, 0.15) is 26.3 Å². The van der Waals surface area contributed by atoms with Crippen molar-refractivity contribution in [1.82, 2.24) is 4.90 Å². The molecule has 0 fully saturated rings. The third kappa shape index (κ3) is 5.13. The molecule has 1 amide bonds. The molecule has 20 heavy (non-hydrogen) atoms. The first-order valence-electron chi connectivity index (χ1n) is 6.92. The number of likely N-dealkylation sites (N-methyl/N-ethyl adjacent to an activating group) is 1. The molecule has 0 heterocycles. The summed E-state index contributed by atoms with van der Waals surface area (Å²) in [6.07, 6.45) is 0.717. The Kier molecular flexibility index (Phi) is 7.02. The molecule has 0 radical (unpaired) electrons. The largest absolute Gasteiger partial charge is 0.483 e. The standard InChI is InChI=1S/C15H23BrN2O2/c1-4-18(5-2)15(19)10-20-14-7-6-13(16)9-12(14)8-11(3)17/h6-7,9,11H,4-5,8,10,17H2,1-3H3. The van der Waals surface area contributed by atoms with Gasteiger partial charge in [0.05, 0.1) is 0 Å². The summed E-state index contributed by atoms with van der Waals surface area (Å²) < 4.78 is 6.65. The number of nitrogens with two attached hydrogens (primary N) is 1. The van der Waals surface area contributed by atoms with Crippen molar-refractivity contribution in [3.05, 3.63) is 28.2 Å². The topological polar surface area (TPSA) is 55.6 Å². The van der Waals surface area contributed by atoms with Crippen LogP contribution in [-0.2, 0) is 11.2 Å². The Morgan fingerprint density at radius 1 is 1.40 bits per heavy atom. The summed E-state index contributed by atoms with van der Waals surface area (Å²) in [5.74, 6) is 0.732. The Balaban J connectivity index is 2.74. The summed E-state index contributed by atoms with van der Waals surface area (Å²) in [6.45, 7) is 7.34. The van der Waals surface area contributed by atoms with E-state index in [0.29, 0.717) is 19.5 Å². The molecule has 0 aliphatic carbocycles. The zero-order valence-corrected chi connectivity index (χ0v) is 13.9. The summed E-state index contributed by atoms with van der Waals surface area (Å²) in [5.41, 5.74) is 6.86. The Morgan fingerprint density at radius 2 is 2.05 bits per heavy atom. The summed E-state index contributed by atoms with van der Waals surface area (Å²) in [5, 5.41) is 0. The maximum atomic E-state index is 11.9. The first-order valence-corrected chi connectivity index (χ1v) is 7.71. The molecule has 1 atom stereocenters. The van der Waals surface area contributed by atoms with Crippen LogP contribution in [0.5, 0.6) is 5.75 Å². The maximum Gasteiger partial charge on any atom is 0.260 e. The van der Waals surface area contributed by atoms with Gasteiger partial charge in [-0.2, -0.15) is 0 Å². The van der Waals surface area contributed by atoms with Crippen molar-refractivity contribution in [2.45, 2.75) is 33.2 Å². The predicted octanol–water partition coefficient (Wildman–Crippen LogP) is 2.59. The third-order valence-electron chi connectivity index (χ3n) is 3.03. The molecule has 1 aromatic carbocycles. The molecule has 4 nitrogen and oxygen atoms in total. The minimum absolute atomic E-state index is 0.00432. The molecule has 2 N–H and O–H groups in total. The Bertz CT molecular complexity index is 445. The first kappa shape index (κ1) is 17.0. The highest BCUT2D eigenvalue weighted by atomic mass is 79.9. The maximum absolute atomic E-state index is 11.9. The van der Waals surface area contributed by atoms with Gasteiger partial charge in [0, 0.05) is 23.6 Å². The summed E-state index contributed by atoms with van der Waals surface area (Å²) >= 11 is 3.44. The van der Waals surface area contributed by atoms with Crippen LogP contribution < -0.4 is 10.5 Å². The average molecular weight is 343 g/mol. The number of rotatable bonds is 7. The lowest BCUT2D eigenvalue weighted by Crippen LogP contribution is -2.34. The van der Waals surface area contributed by atoms with Crippen LogP contribution in [-0.4, -0.2) is 36.5 Å². The van der Waals surface area contributed by atoms with Crippen molar-refractivity contribution in [3.63, 3.8) is 0 Å². The zero-order valence-electron chi connectivity index (χ0n) is 12.4. The fourth-order valence-corrected chi connectivity index (χ4v) is 2.41. The highest BCUT2D eigenvalue weighted by Crippen LogP contribution is 2.24. The Morgan fingerprint density at radius 3 is 2.60 bits per heavy atom. The molecule has 0 aliphatic heterocycles. The van der Waals surface area contributed by atoms with E-state index in [4.69, 9.17) is 10.5 Å². The fourth-order valence-electron chi connectivity index (χ4n) is 2.00. The molecular weight excluding hydrogens is 320 g/mol. The van der Waals surface area contributed by atoms with Gasteiger partial charge in [-0.3, -0.25) is 4.79 Å². The van der Waals surface area contributed by atoms with Crippen molar-refractivity contribution in [2.24, 2.45) is 5.73 Å². The fraction of sp³-hybridized carbons (Fsp3) is 0.533. The number of benzene rings is 1. The van der Waals surface area contributed by atoms with E-state index in [1.54, 1.807) is 4.90 Å². The number of halogens is 1. The molecular formula is C15H23BrN2O2. The number of hydrogen-bond donors (Lipinski definition) is 1. The lowest BCUT2D eigenvalue weighted by atomic mass is 10.1. The van der Waals surface area contributed by atoms with Gasteiger partial charge in [0.25, 0.3) is 5.91 Å². The van der Waals surface area contributed by atoms with E-state index in [2.05, 4.69) is 15.9 Å². The molecule has 1 unspecified atom stereocenters. The highest BCUT2D eigenvalue weighted by molar-refractivity contribution is 9.10. The molecule has 0 saturated heterocycles. The molecule has 0 spiro atoms. The van der Waals surface area contributed by atoms with Crippen molar-refractivity contribution < 1.29 is 9.53 Å². The van der Waals surface area contributed by atoms with E-state index >= 15 is 0 Å². The van der Waals surface area contributed by atoms with Crippen LogP contribution in [0.3, 0.4) is 0 Å². The highest BCUT2D eigenvalue weighted by Gasteiger charge is 2.12. The van der Waals surface area contributed by atoms with E-state index in [0.717, 1.165) is 15.8 Å². The Hall–Kier alpha value is -1.07. The van der Waals surface area contributed by atoms with E-state index < -0.39 is 0 Å². The van der Waals surface area contributed by atoms with Gasteiger partial charge in [-0.25, -0.2) is 0 Å². The minimum atomic E-state index is 0.00432. The van der Waals surface area contributed by atoms with Gasteiger partial charge in [0.15, 0.2) is 6.61 Å². The zero-order chi connectivity index (χ0) is 15.1. The summed E-state index contributed by atoms with van der Waals surface area (Å²) in [7, 11) is 0. The second-order valence-electron chi connectivity index (χ2n) is 4.79. The van der Waals surface area contributed by atoms with E-state index in [1.165, 1.54) is 0 Å². The van der Waals surface area contributed by atoms with E-state index in [-0.39, 0.29) is 18.6 Å². The average Bonchev–Trinajstić information content (AvgIpc) is 2.38. The smallest absolute Gasteiger partial charge is 0.260 e. The number of hydrogen-bond acceptors (Lipinski definition) is 3. The third-order valence-corrected chi connectivity index (χ3v) is 3.52. The monoisotopic (exact) mass is 342 g/mol. The van der Waals surface area contributed by atoms with Crippen LogP contribution in [0.4, 0.5) is 0 Å². The van der Waals surface area contributed by atoms with Gasteiger partial charge in [-0.15, -0.1) is 0 Å². The van der Waals surface area contributed by atoms with Crippen LogP contribution >= 0.6 is 15.9 Å². The molecule has 5 heteroatoms. The van der Waals surface area contributed by atoms with E-state index in [1.807, 2.05) is 39.0 Å². The second kappa shape index (κ2) is 8.27. The second-order valence-corrected chi connectivity index (χ2v) is 5.70.